The molecule has 2 aromatic rings. The van der Waals surface area contributed by atoms with Gasteiger partial charge in [0.25, 0.3) is 0 Å². The van der Waals surface area contributed by atoms with Gasteiger partial charge in [-0.15, -0.1) is 0 Å². The SMILES string of the molecule is COC(=O)NC(=S)Nc1ccc(Oc2cccc(F)c2)cc1N. The van der Waals surface area contributed by atoms with Gasteiger partial charge in [0.15, 0.2) is 5.11 Å². The first-order valence-corrected chi connectivity index (χ1v) is 6.87. The van der Waals surface area contributed by atoms with Gasteiger partial charge in [0.1, 0.15) is 17.3 Å². The lowest BCUT2D eigenvalue weighted by Crippen LogP contribution is -2.34. The monoisotopic (exact) mass is 335 g/mol. The number of halogens is 1. The van der Waals surface area contributed by atoms with Crippen molar-refractivity contribution in [3.63, 3.8) is 0 Å². The van der Waals surface area contributed by atoms with Crippen molar-refractivity contribution < 1.29 is 18.7 Å². The molecule has 2 aromatic carbocycles. The van der Waals surface area contributed by atoms with Gasteiger partial charge in [-0.3, -0.25) is 5.32 Å². The van der Waals surface area contributed by atoms with E-state index in [1.165, 1.54) is 19.2 Å². The van der Waals surface area contributed by atoms with Crippen molar-refractivity contribution >= 4 is 34.8 Å². The third-order valence-corrected chi connectivity index (χ3v) is 2.91. The first-order valence-electron chi connectivity index (χ1n) is 6.47. The van der Waals surface area contributed by atoms with E-state index < -0.39 is 11.9 Å². The average molecular weight is 335 g/mol. The van der Waals surface area contributed by atoms with E-state index in [0.29, 0.717) is 22.9 Å². The number of hydrogen-bond acceptors (Lipinski definition) is 5. The van der Waals surface area contributed by atoms with Crippen molar-refractivity contribution in [3.8, 4) is 11.5 Å². The molecule has 4 N–H and O–H groups in total. The fourth-order valence-corrected chi connectivity index (χ4v) is 1.88. The van der Waals surface area contributed by atoms with Crippen LogP contribution >= 0.6 is 12.2 Å². The molecule has 0 saturated heterocycles. The molecule has 0 spiro atoms. The number of nitrogens with one attached hydrogen (secondary N) is 2. The lowest BCUT2D eigenvalue weighted by atomic mass is 10.2. The zero-order valence-corrected chi connectivity index (χ0v) is 12.9. The molecule has 0 radical (unpaired) electrons. The normalized spacial score (nSPS) is 9.83. The molecule has 2 rings (SSSR count). The molecule has 0 aliphatic heterocycles. The molecular weight excluding hydrogens is 321 g/mol. The van der Waals surface area contributed by atoms with Gasteiger partial charge in [-0.25, -0.2) is 9.18 Å². The minimum absolute atomic E-state index is 0.0438. The van der Waals surface area contributed by atoms with E-state index in [9.17, 15) is 9.18 Å². The Morgan fingerprint density at radius 3 is 2.61 bits per heavy atom. The van der Waals surface area contributed by atoms with Crippen molar-refractivity contribution in [1.82, 2.24) is 5.32 Å². The summed E-state index contributed by atoms with van der Waals surface area (Å²) < 4.78 is 23.1. The van der Waals surface area contributed by atoms with Gasteiger partial charge in [-0.2, -0.15) is 0 Å². The highest BCUT2D eigenvalue weighted by atomic mass is 32.1. The zero-order valence-electron chi connectivity index (χ0n) is 12.1. The molecule has 0 unspecified atom stereocenters. The lowest BCUT2D eigenvalue weighted by Gasteiger charge is -2.12. The van der Waals surface area contributed by atoms with E-state index in [0.717, 1.165) is 0 Å². The summed E-state index contributed by atoms with van der Waals surface area (Å²) in [6, 6.07) is 10.6. The number of nitrogen functional groups attached to an aromatic ring is 1. The maximum absolute atomic E-state index is 13.1. The molecular formula is C15H14FN3O3S. The van der Waals surface area contributed by atoms with Crippen molar-refractivity contribution in [2.45, 2.75) is 0 Å². The van der Waals surface area contributed by atoms with Crippen LogP contribution in [0.2, 0.25) is 0 Å². The summed E-state index contributed by atoms with van der Waals surface area (Å²) in [5.41, 5.74) is 6.72. The van der Waals surface area contributed by atoms with Crippen LogP contribution in [0, 0.1) is 5.82 Å². The largest absolute Gasteiger partial charge is 0.457 e. The quantitative estimate of drug-likeness (QED) is 0.590. The Morgan fingerprint density at radius 2 is 1.96 bits per heavy atom. The first-order chi connectivity index (χ1) is 11.0. The molecule has 0 bridgehead atoms. The molecule has 0 aliphatic carbocycles. The third-order valence-electron chi connectivity index (χ3n) is 2.70. The number of ether oxygens (including phenoxy) is 2. The van der Waals surface area contributed by atoms with E-state index in [-0.39, 0.29) is 5.11 Å². The van der Waals surface area contributed by atoms with E-state index in [1.807, 2.05) is 0 Å². The van der Waals surface area contributed by atoms with Gasteiger partial charge < -0.3 is 20.5 Å². The van der Waals surface area contributed by atoms with Crippen LogP contribution in [0.5, 0.6) is 11.5 Å². The summed E-state index contributed by atoms with van der Waals surface area (Å²) in [5, 5.41) is 5.10. The fraction of sp³-hybridized carbons (Fsp3) is 0.0667. The molecule has 0 atom stereocenters. The lowest BCUT2D eigenvalue weighted by molar-refractivity contribution is 0.177. The summed E-state index contributed by atoms with van der Waals surface area (Å²) in [7, 11) is 1.23. The van der Waals surface area contributed by atoms with Gasteiger partial charge >= 0.3 is 6.09 Å². The number of carbonyl (C=O) groups is 1. The minimum atomic E-state index is -0.688. The van der Waals surface area contributed by atoms with Crippen LogP contribution in [0.15, 0.2) is 42.5 Å². The molecule has 23 heavy (non-hydrogen) atoms. The van der Waals surface area contributed by atoms with Gasteiger partial charge in [0.2, 0.25) is 0 Å². The number of benzene rings is 2. The van der Waals surface area contributed by atoms with Crippen molar-refractivity contribution in [2.24, 2.45) is 0 Å². The highest BCUT2D eigenvalue weighted by Crippen LogP contribution is 2.28. The Hall–Kier alpha value is -2.87. The fourth-order valence-electron chi connectivity index (χ4n) is 1.68. The molecule has 0 aromatic heterocycles. The second-order valence-electron chi connectivity index (χ2n) is 4.38. The predicted octanol–water partition coefficient (Wildman–Crippen LogP) is 3.25. The van der Waals surface area contributed by atoms with E-state index in [2.05, 4.69) is 15.4 Å². The van der Waals surface area contributed by atoms with E-state index in [4.69, 9.17) is 22.7 Å². The Bertz CT molecular complexity index is 740. The van der Waals surface area contributed by atoms with Crippen molar-refractivity contribution in [2.75, 3.05) is 18.2 Å². The van der Waals surface area contributed by atoms with Crippen LogP contribution in [-0.2, 0) is 4.74 Å². The van der Waals surface area contributed by atoms with Crippen LogP contribution in [-0.4, -0.2) is 18.3 Å². The van der Waals surface area contributed by atoms with Crippen LogP contribution in [0.1, 0.15) is 0 Å². The van der Waals surface area contributed by atoms with Gasteiger partial charge in [0.05, 0.1) is 18.5 Å². The first kappa shape index (κ1) is 16.5. The van der Waals surface area contributed by atoms with E-state index >= 15 is 0 Å². The van der Waals surface area contributed by atoms with E-state index in [1.54, 1.807) is 30.3 Å². The predicted molar refractivity (Wildman–Crippen MR) is 89.1 cm³/mol. The number of anilines is 2. The molecule has 0 heterocycles. The summed E-state index contributed by atoms with van der Waals surface area (Å²) >= 11 is 4.94. The molecule has 6 nitrogen and oxygen atoms in total. The Morgan fingerprint density at radius 1 is 1.22 bits per heavy atom. The topological polar surface area (TPSA) is 85.6 Å². The Kier molecular flexibility index (Phi) is 5.32. The standard InChI is InChI=1S/C15H14FN3O3S/c1-21-15(20)19-14(23)18-13-6-5-11(8-12(13)17)22-10-4-2-3-9(16)7-10/h2-8H,17H2,1H3,(H2,18,19,20,23). The van der Waals surface area contributed by atoms with Crippen molar-refractivity contribution in [1.29, 1.82) is 0 Å². The highest BCUT2D eigenvalue weighted by Gasteiger charge is 2.07. The number of thiocarbonyl (C=S) groups is 1. The van der Waals surface area contributed by atoms with Crippen LogP contribution in [0.25, 0.3) is 0 Å². The second kappa shape index (κ2) is 7.41. The van der Waals surface area contributed by atoms with Crippen LogP contribution in [0.3, 0.4) is 0 Å². The number of alkyl carbamates (subject to hydrolysis) is 1. The van der Waals surface area contributed by atoms with Crippen LogP contribution < -0.4 is 21.1 Å². The summed E-state index contributed by atoms with van der Waals surface area (Å²) in [5.74, 6) is 0.395. The summed E-state index contributed by atoms with van der Waals surface area (Å²) in [6.07, 6.45) is -0.688. The molecule has 1 amide bonds. The van der Waals surface area contributed by atoms with Crippen LogP contribution in [0.4, 0.5) is 20.6 Å². The number of methoxy groups -OCH3 is 1. The molecule has 0 saturated carbocycles. The molecule has 0 aliphatic rings. The number of amides is 1. The average Bonchev–Trinajstić information content (AvgIpc) is 2.50. The van der Waals surface area contributed by atoms with Crippen molar-refractivity contribution in [3.05, 3.63) is 48.3 Å². The second-order valence-corrected chi connectivity index (χ2v) is 4.79. The maximum Gasteiger partial charge on any atom is 0.413 e. The Labute approximate surface area is 137 Å². The molecule has 120 valence electrons. The third kappa shape index (κ3) is 4.82. The Balaban J connectivity index is 2.05. The number of hydrogen-bond donors (Lipinski definition) is 3. The van der Waals surface area contributed by atoms with Gasteiger partial charge in [0, 0.05) is 12.1 Å². The number of rotatable bonds is 3. The zero-order chi connectivity index (χ0) is 16.8. The molecule has 0 fully saturated rings. The maximum atomic E-state index is 13.1. The van der Waals surface area contributed by atoms with Gasteiger partial charge in [-0.1, -0.05) is 6.07 Å². The molecule has 8 heteroatoms. The minimum Gasteiger partial charge on any atom is -0.457 e. The summed E-state index contributed by atoms with van der Waals surface area (Å²) in [4.78, 5) is 11.0. The van der Waals surface area contributed by atoms with Gasteiger partial charge in [-0.05, 0) is 36.5 Å². The number of nitrogens with two attached hydrogens (primary N) is 1. The summed E-state index contributed by atoms with van der Waals surface area (Å²) in [6.45, 7) is 0. The highest BCUT2D eigenvalue weighted by molar-refractivity contribution is 7.80. The number of carbonyl (C=O) groups excluding carboxylic acids is 1. The smallest absolute Gasteiger partial charge is 0.413 e.